The number of hydrogen-bond donors (Lipinski definition) is 3. The summed E-state index contributed by atoms with van der Waals surface area (Å²) >= 11 is 0. The van der Waals surface area contributed by atoms with Crippen molar-refractivity contribution in [2.45, 2.75) is 26.9 Å². The number of hydrogen-bond acceptors (Lipinski definition) is 3. The van der Waals surface area contributed by atoms with Gasteiger partial charge in [0.15, 0.2) is 5.96 Å². The van der Waals surface area contributed by atoms with E-state index >= 15 is 0 Å². The maximum absolute atomic E-state index is 13.7. The molecule has 0 bridgehead atoms. The SMILES string of the molecule is CCNC(=NCc1cccc(C(=O)NCCN(C)C)c1)NCc1ccc(C)c(F)c1. The molecule has 0 aliphatic heterocycles. The molecule has 0 heterocycles. The van der Waals surface area contributed by atoms with Crippen LogP contribution in [0.15, 0.2) is 47.5 Å². The second kappa shape index (κ2) is 11.9. The van der Waals surface area contributed by atoms with Gasteiger partial charge in [0.25, 0.3) is 5.91 Å². The van der Waals surface area contributed by atoms with Crippen LogP contribution in [0.25, 0.3) is 0 Å². The maximum Gasteiger partial charge on any atom is 0.251 e. The number of guanidine groups is 1. The summed E-state index contributed by atoms with van der Waals surface area (Å²) in [5.74, 6) is 0.338. The largest absolute Gasteiger partial charge is 0.357 e. The number of halogens is 1. The maximum atomic E-state index is 13.7. The highest BCUT2D eigenvalue weighted by Gasteiger charge is 2.06. The monoisotopic (exact) mass is 413 g/mol. The third kappa shape index (κ3) is 7.83. The molecule has 0 radical (unpaired) electrons. The molecule has 0 saturated carbocycles. The minimum absolute atomic E-state index is 0.0888. The summed E-state index contributed by atoms with van der Waals surface area (Å²) in [6.07, 6.45) is 0. The van der Waals surface area contributed by atoms with Crippen molar-refractivity contribution in [2.75, 3.05) is 33.7 Å². The fraction of sp³-hybridized carbons (Fsp3) is 0.391. The van der Waals surface area contributed by atoms with Gasteiger partial charge in [0.05, 0.1) is 6.54 Å². The number of aryl methyl sites for hydroxylation is 1. The van der Waals surface area contributed by atoms with Gasteiger partial charge < -0.3 is 20.9 Å². The Labute approximate surface area is 178 Å². The predicted molar refractivity (Wildman–Crippen MR) is 120 cm³/mol. The molecule has 2 aromatic rings. The van der Waals surface area contributed by atoms with E-state index in [1.165, 1.54) is 6.07 Å². The Morgan fingerprint density at radius 2 is 1.87 bits per heavy atom. The first-order valence-corrected chi connectivity index (χ1v) is 10.2. The molecule has 2 rings (SSSR count). The average molecular weight is 414 g/mol. The summed E-state index contributed by atoms with van der Waals surface area (Å²) in [4.78, 5) is 18.9. The zero-order chi connectivity index (χ0) is 21.9. The molecule has 0 aliphatic rings. The minimum Gasteiger partial charge on any atom is -0.357 e. The molecule has 2 aromatic carbocycles. The molecule has 0 atom stereocenters. The van der Waals surface area contributed by atoms with Crippen LogP contribution in [0.4, 0.5) is 4.39 Å². The van der Waals surface area contributed by atoms with E-state index in [4.69, 9.17) is 0 Å². The van der Waals surface area contributed by atoms with E-state index < -0.39 is 0 Å². The van der Waals surface area contributed by atoms with Crippen LogP contribution in [0.5, 0.6) is 0 Å². The highest BCUT2D eigenvalue weighted by Crippen LogP contribution is 2.09. The van der Waals surface area contributed by atoms with Gasteiger partial charge in [-0.3, -0.25) is 4.79 Å². The summed E-state index contributed by atoms with van der Waals surface area (Å²) in [5.41, 5.74) is 3.04. The predicted octanol–water partition coefficient (Wildman–Crippen LogP) is 2.68. The van der Waals surface area contributed by atoms with Crippen LogP contribution in [0.1, 0.15) is 34.0 Å². The molecule has 162 valence electrons. The second-order valence-electron chi connectivity index (χ2n) is 7.39. The number of rotatable bonds is 9. The van der Waals surface area contributed by atoms with Gasteiger partial charge in [-0.2, -0.15) is 0 Å². The molecule has 0 unspecified atom stereocenters. The number of carbonyl (C=O) groups excluding carboxylic acids is 1. The summed E-state index contributed by atoms with van der Waals surface area (Å²) in [5, 5.41) is 9.32. The Balaban J connectivity index is 1.98. The Morgan fingerprint density at radius 3 is 2.57 bits per heavy atom. The first kappa shape index (κ1) is 23.3. The van der Waals surface area contributed by atoms with E-state index in [1.54, 1.807) is 19.1 Å². The molecular weight excluding hydrogens is 381 g/mol. The first-order valence-electron chi connectivity index (χ1n) is 10.2. The normalized spacial score (nSPS) is 11.5. The van der Waals surface area contributed by atoms with E-state index in [-0.39, 0.29) is 11.7 Å². The summed E-state index contributed by atoms with van der Waals surface area (Å²) in [6.45, 7) is 6.73. The van der Waals surface area contributed by atoms with E-state index in [0.717, 1.165) is 17.7 Å². The topological polar surface area (TPSA) is 68.8 Å². The van der Waals surface area contributed by atoms with Crippen molar-refractivity contribution in [2.24, 2.45) is 4.99 Å². The summed E-state index contributed by atoms with van der Waals surface area (Å²) in [7, 11) is 3.94. The lowest BCUT2D eigenvalue weighted by atomic mass is 10.1. The number of aliphatic imine (C=N–C) groups is 1. The van der Waals surface area contributed by atoms with Crippen LogP contribution in [-0.4, -0.2) is 50.5 Å². The van der Waals surface area contributed by atoms with Crippen molar-refractivity contribution in [3.05, 3.63) is 70.5 Å². The van der Waals surface area contributed by atoms with Crippen LogP contribution in [0.2, 0.25) is 0 Å². The van der Waals surface area contributed by atoms with E-state index in [9.17, 15) is 9.18 Å². The Hall–Kier alpha value is -2.93. The zero-order valence-corrected chi connectivity index (χ0v) is 18.3. The fourth-order valence-electron chi connectivity index (χ4n) is 2.75. The van der Waals surface area contributed by atoms with E-state index in [1.807, 2.05) is 50.2 Å². The molecule has 1 amide bonds. The van der Waals surface area contributed by atoms with Crippen LogP contribution < -0.4 is 16.0 Å². The van der Waals surface area contributed by atoms with Crippen molar-refractivity contribution in [3.8, 4) is 0 Å². The summed E-state index contributed by atoms with van der Waals surface area (Å²) in [6, 6.07) is 12.7. The number of amides is 1. The standard InChI is InChI=1S/C23H32FN5O/c1-5-25-23(28-16-19-10-9-17(2)21(24)14-19)27-15-18-7-6-8-20(13-18)22(30)26-11-12-29(3)4/h6-10,13-14H,5,11-12,15-16H2,1-4H3,(H,26,30)(H2,25,27,28). The molecule has 6 nitrogen and oxygen atoms in total. The van der Waals surface area contributed by atoms with Crippen molar-refractivity contribution in [1.29, 1.82) is 0 Å². The first-order chi connectivity index (χ1) is 14.4. The molecular formula is C23H32FN5O. The highest BCUT2D eigenvalue weighted by molar-refractivity contribution is 5.94. The molecule has 0 fully saturated rings. The van der Waals surface area contributed by atoms with Gasteiger partial charge in [0.1, 0.15) is 5.82 Å². The Morgan fingerprint density at radius 1 is 1.07 bits per heavy atom. The molecule has 3 N–H and O–H groups in total. The van der Waals surface area contributed by atoms with Gasteiger partial charge in [0, 0.05) is 31.7 Å². The second-order valence-corrected chi connectivity index (χ2v) is 7.39. The van der Waals surface area contributed by atoms with Gasteiger partial charge >= 0.3 is 0 Å². The average Bonchev–Trinajstić information content (AvgIpc) is 2.72. The Bertz CT molecular complexity index is 866. The zero-order valence-electron chi connectivity index (χ0n) is 18.3. The number of nitrogens with one attached hydrogen (secondary N) is 3. The van der Waals surface area contributed by atoms with Gasteiger partial charge in [0.2, 0.25) is 0 Å². The van der Waals surface area contributed by atoms with Crippen molar-refractivity contribution >= 4 is 11.9 Å². The van der Waals surface area contributed by atoms with Crippen LogP contribution in [0.3, 0.4) is 0 Å². The summed E-state index contributed by atoms with van der Waals surface area (Å²) < 4.78 is 13.7. The molecule has 0 aliphatic carbocycles. The smallest absolute Gasteiger partial charge is 0.251 e. The van der Waals surface area contributed by atoms with Gasteiger partial charge in [-0.1, -0.05) is 24.3 Å². The number of likely N-dealkylation sites (N-methyl/N-ethyl adjacent to an activating group) is 1. The van der Waals surface area contributed by atoms with Gasteiger partial charge in [-0.25, -0.2) is 9.38 Å². The lowest BCUT2D eigenvalue weighted by Gasteiger charge is -2.12. The van der Waals surface area contributed by atoms with Crippen molar-refractivity contribution in [1.82, 2.24) is 20.9 Å². The molecule has 0 spiro atoms. The van der Waals surface area contributed by atoms with E-state index in [2.05, 4.69) is 20.9 Å². The Kier molecular flexibility index (Phi) is 9.28. The lowest BCUT2D eigenvalue weighted by Crippen LogP contribution is -2.36. The number of nitrogens with zero attached hydrogens (tertiary/aromatic N) is 2. The number of carbonyl (C=O) groups is 1. The van der Waals surface area contributed by atoms with Gasteiger partial charge in [-0.05, 0) is 62.8 Å². The highest BCUT2D eigenvalue weighted by atomic mass is 19.1. The van der Waals surface area contributed by atoms with E-state index in [0.29, 0.717) is 43.3 Å². The minimum atomic E-state index is -0.211. The van der Waals surface area contributed by atoms with Crippen LogP contribution in [-0.2, 0) is 13.1 Å². The molecule has 7 heteroatoms. The van der Waals surface area contributed by atoms with Gasteiger partial charge in [-0.15, -0.1) is 0 Å². The molecule has 0 aromatic heterocycles. The number of benzene rings is 2. The van der Waals surface area contributed by atoms with Crippen molar-refractivity contribution in [3.63, 3.8) is 0 Å². The molecule has 30 heavy (non-hydrogen) atoms. The third-order valence-corrected chi connectivity index (χ3v) is 4.49. The van der Waals surface area contributed by atoms with Crippen LogP contribution >= 0.6 is 0 Å². The van der Waals surface area contributed by atoms with Crippen molar-refractivity contribution < 1.29 is 9.18 Å². The van der Waals surface area contributed by atoms with Crippen LogP contribution in [0, 0.1) is 12.7 Å². The lowest BCUT2D eigenvalue weighted by molar-refractivity contribution is 0.0951. The third-order valence-electron chi connectivity index (χ3n) is 4.49. The molecule has 0 saturated heterocycles. The quantitative estimate of drug-likeness (QED) is 0.437. The fourth-order valence-corrected chi connectivity index (χ4v) is 2.75.